The third-order valence-corrected chi connectivity index (χ3v) is 3.73. The van der Waals surface area contributed by atoms with Crippen LogP contribution in [0.4, 0.5) is 10.1 Å². The van der Waals surface area contributed by atoms with Crippen molar-refractivity contribution >= 4 is 29.2 Å². The lowest BCUT2D eigenvalue weighted by atomic mass is 10.3. The fraction of sp³-hybridized carbons (Fsp3) is 0.400. The predicted molar refractivity (Wildman–Crippen MR) is 64.5 cm³/mol. The van der Waals surface area contributed by atoms with E-state index in [9.17, 15) is 4.39 Å². The lowest BCUT2D eigenvalue weighted by Crippen LogP contribution is -1.89. The molecule has 0 saturated carbocycles. The number of thioether (sulfide) groups is 2. The zero-order valence-electron chi connectivity index (χ0n) is 8.13. The van der Waals surface area contributed by atoms with Gasteiger partial charge in [-0.2, -0.15) is 11.8 Å². The summed E-state index contributed by atoms with van der Waals surface area (Å²) in [6.45, 7) is 2.13. The molecule has 0 aliphatic rings. The van der Waals surface area contributed by atoms with Crippen LogP contribution in [-0.4, -0.2) is 17.3 Å². The molecule has 0 radical (unpaired) electrons. The summed E-state index contributed by atoms with van der Waals surface area (Å²) in [7, 11) is 0. The lowest BCUT2D eigenvalue weighted by Gasteiger charge is -2.02. The van der Waals surface area contributed by atoms with Crippen molar-refractivity contribution in [2.45, 2.75) is 11.8 Å². The Bertz CT molecular complexity index is 271. The second-order valence-electron chi connectivity index (χ2n) is 2.77. The van der Waals surface area contributed by atoms with Gasteiger partial charge < -0.3 is 5.73 Å². The van der Waals surface area contributed by atoms with Gasteiger partial charge in [-0.1, -0.05) is 6.92 Å². The van der Waals surface area contributed by atoms with Crippen LogP contribution in [0.25, 0.3) is 0 Å². The highest BCUT2D eigenvalue weighted by Gasteiger charge is 1.98. The third-order valence-electron chi connectivity index (χ3n) is 1.59. The van der Waals surface area contributed by atoms with Crippen LogP contribution in [0.15, 0.2) is 23.1 Å². The molecule has 0 bridgehead atoms. The van der Waals surface area contributed by atoms with Crippen LogP contribution in [0.3, 0.4) is 0 Å². The number of hydrogen-bond donors (Lipinski definition) is 1. The van der Waals surface area contributed by atoms with Crippen molar-refractivity contribution in [2.75, 3.05) is 23.0 Å². The lowest BCUT2D eigenvalue weighted by molar-refractivity contribution is 0.625. The Morgan fingerprint density at radius 3 is 2.71 bits per heavy atom. The normalized spacial score (nSPS) is 10.4. The van der Waals surface area contributed by atoms with E-state index in [1.807, 2.05) is 17.8 Å². The number of benzene rings is 1. The first kappa shape index (κ1) is 11.7. The average molecular weight is 231 g/mol. The standard InChI is InChI=1S/C10H14FNS2/c1-2-13-3-4-14-10-6-8(11)5-9(12)7-10/h5-7H,2-4,12H2,1H3. The maximum Gasteiger partial charge on any atom is 0.126 e. The fourth-order valence-electron chi connectivity index (χ4n) is 1.03. The molecule has 0 spiro atoms. The van der Waals surface area contributed by atoms with E-state index >= 15 is 0 Å². The molecule has 0 aliphatic heterocycles. The second-order valence-corrected chi connectivity index (χ2v) is 5.33. The third kappa shape index (κ3) is 4.24. The van der Waals surface area contributed by atoms with Crippen molar-refractivity contribution in [3.63, 3.8) is 0 Å². The Morgan fingerprint density at radius 2 is 2.07 bits per heavy atom. The van der Waals surface area contributed by atoms with Gasteiger partial charge in [0.1, 0.15) is 5.82 Å². The van der Waals surface area contributed by atoms with Crippen molar-refractivity contribution in [1.29, 1.82) is 0 Å². The van der Waals surface area contributed by atoms with E-state index in [1.165, 1.54) is 12.1 Å². The van der Waals surface area contributed by atoms with Crippen molar-refractivity contribution < 1.29 is 4.39 Å². The van der Waals surface area contributed by atoms with Gasteiger partial charge in [0.25, 0.3) is 0 Å². The minimum absolute atomic E-state index is 0.254. The van der Waals surface area contributed by atoms with Crippen molar-refractivity contribution in [1.82, 2.24) is 0 Å². The summed E-state index contributed by atoms with van der Waals surface area (Å²) in [5.41, 5.74) is 6.03. The molecule has 1 nitrogen and oxygen atoms in total. The molecule has 14 heavy (non-hydrogen) atoms. The summed E-state index contributed by atoms with van der Waals surface area (Å²) in [5.74, 6) is 2.97. The van der Waals surface area contributed by atoms with E-state index in [2.05, 4.69) is 6.92 Å². The summed E-state index contributed by atoms with van der Waals surface area (Å²) < 4.78 is 12.9. The molecular formula is C10H14FNS2. The quantitative estimate of drug-likeness (QED) is 0.478. The summed E-state index contributed by atoms with van der Waals surface area (Å²) in [6, 6.07) is 4.67. The van der Waals surface area contributed by atoms with Gasteiger partial charge in [0, 0.05) is 22.1 Å². The number of nitrogen functional groups attached to an aromatic ring is 1. The minimum atomic E-state index is -0.254. The van der Waals surface area contributed by atoms with Gasteiger partial charge >= 0.3 is 0 Å². The number of anilines is 1. The molecule has 4 heteroatoms. The molecule has 78 valence electrons. The first-order valence-corrected chi connectivity index (χ1v) is 6.63. The van der Waals surface area contributed by atoms with Crippen LogP contribution in [0.5, 0.6) is 0 Å². The number of hydrogen-bond acceptors (Lipinski definition) is 3. The van der Waals surface area contributed by atoms with Gasteiger partial charge in [0.05, 0.1) is 0 Å². The van der Waals surface area contributed by atoms with Gasteiger partial charge in [-0.25, -0.2) is 4.39 Å². The largest absolute Gasteiger partial charge is 0.399 e. The Kier molecular flexibility index (Phi) is 5.19. The monoisotopic (exact) mass is 231 g/mol. The first-order valence-electron chi connectivity index (χ1n) is 4.49. The van der Waals surface area contributed by atoms with Crippen molar-refractivity contribution in [3.05, 3.63) is 24.0 Å². The van der Waals surface area contributed by atoms with Gasteiger partial charge in [-0.15, -0.1) is 11.8 Å². The summed E-state index contributed by atoms with van der Waals surface area (Å²) in [6.07, 6.45) is 0. The molecule has 0 fully saturated rings. The fourth-order valence-corrected chi connectivity index (χ4v) is 2.77. The maximum absolute atomic E-state index is 12.9. The maximum atomic E-state index is 12.9. The van der Waals surface area contributed by atoms with E-state index in [0.717, 1.165) is 22.2 Å². The van der Waals surface area contributed by atoms with Crippen molar-refractivity contribution in [2.24, 2.45) is 0 Å². The number of halogens is 1. The molecule has 0 unspecified atom stereocenters. The van der Waals surface area contributed by atoms with E-state index < -0.39 is 0 Å². The molecule has 0 aromatic heterocycles. The van der Waals surface area contributed by atoms with Gasteiger partial charge in [-0.3, -0.25) is 0 Å². The van der Waals surface area contributed by atoms with E-state index in [1.54, 1.807) is 11.8 Å². The Balaban J connectivity index is 2.42. The van der Waals surface area contributed by atoms with E-state index in [4.69, 9.17) is 5.73 Å². The topological polar surface area (TPSA) is 26.0 Å². The zero-order valence-corrected chi connectivity index (χ0v) is 9.76. The van der Waals surface area contributed by atoms with Gasteiger partial charge in [0.2, 0.25) is 0 Å². The highest BCUT2D eigenvalue weighted by Crippen LogP contribution is 2.22. The molecule has 0 heterocycles. The highest BCUT2D eigenvalue weighted by atomic mass is 32.2. The van der Waals surface area contributed by atoms with Crippen molar-refractivity contribution in [3.8, 4) is 0 Å². The molecular weight excluding hydrogens is 217 g/mol. The van der Waals surface area contributed by atoms with Crippen LogP contribution < -0.4 is 5.73 Å². The Labute approximate surface area is 92.6 Å². The zero-order chi connectivity index (χ0) is 10.4. The van der Waals surface area contributed by atoms with Crippen LogP contribution >= 0.6 is 23.5 Å². The first-order chi connectivity index (χ1) is 6.72. The van der Waals surface area contributed by atoms with Crippen LogP contribution in [0.2, 0.25) is 0 Å². The molecule has 0 amide bonds. The summed E-state index contributed by atoms with van der Waals surface area (Å²) in [4.78, 5) is 0.916. The van der Waals surface area contributed by atoms with E-state index in [0.29, 0.717) is 5.69 Å². The Hall–Kier alpha value is -0.350. The Morgan fingerprint density at radius 1 is 1.29 bits per heavy atom. The van der Waals surface area contributed by atoms with Crippen LogP contribution in [0.1, 0.15) is 6.92 Å². The SMILES string of the molecule is CCSCCSc1cc(N)cc(F)c1. The molecule has 2 N–H and O–H groups in total. The molecule has 0 atom stereocenters. The molecule has 1 rings (SSSR count). The molecule has 1 aromatic rings. The summed E-state index contributed by atoms with van der Waals surface area (Å²) in [5, 5.41) is 0. The van der Waals surface area contributed by atoms with Crippen LogP contribution in [0, 0.1) is 5.82 Å². The average Bonchev–Trinajstić information content (AvgIpc) is 2.11. The molecule has 1 aromatic carbocycles. The predicted octanol–water partition coefficient (Wildman–Crippen LogP) is 3.25. The minimum Gasteiger partial charge on any atom is -0.399 e. The number of nitrogens with two attached hydrogens (primary N) is 1. The van der Waals surface area contributed by atoms with Gasteiger partial charge in [0.15, 0.2) is 0 Å². The summed E-state index contributed by atoms with van der Waals surface area (Å²) >= 11 is 3.54. The number of rotatable bonds is 5. The highest BCUT2D eigenvalue weighted by molar-refractivity contribution is 8.02. The molecule has 0 aliphatic carbocycles. The smallest absolute Gasteiger partial charge is 0.126 e. The van der Waals surface area contributed by atoms with Gasteiger partial charge in [-0.05, 0) is 24.0 Å². The molecule has 0 saturated heterocycles. The second kappa shape index (κ2) is 6.19. The van der Waals surface area contributed by atoms with Crippen LogP contribution in [-0.2, 0) is 0 Å². The van der Waals surface area contributed by atoms with E-state index in [-0.39, 0.29) is 5.82 Å².